The monoisotopic (exact) mass is 433 g/mol. The van der Waals surface area contributed by atoms with Crippen LogP contribution in [0, 0.1) is 21.4 Å². The van der Waals surface area contributed by atoms with Crippen LogP contribution in [-0.4, -0.2) is 26.7 Å². The molecule has 0 aliphatic rings. The van der Waals surface area contributed by atoms with Crippen molar-refractivity contribution < 1.29 is 14.1 Å². The molecule has 154 valence electrons. The van der Waals surface area contributed by atoms with E-state index in [0.29, 0.717) is 34.4 Å². The Morgan fingerprint density at radius 1 is 1.19 bits per heavy atom. The quantitative estimate of drug-likeness (QED) is 0.230. The van der Waals surface area contributed by atoms with Crippen molar-refractivity contribution >= 4 is 28.4 Å². The topological polar surface area (TPSA) is 128 Å². The van der Waals surface area contributed by atoms with E-state index in [1.807, 2.05) is 25.1 Å². The maximum absolute atomic E-state index is 10.8. The molecule has 2 aromatic carbocycles. The van der Waals surface area contributed by atoms with E-state index in [1.165, 1.54) is 23.9 Å². The summed E-state index contributed by atoms with van der Waals surface area (Å²) in [6, 6.07) is 15.4. The average Bonchev–Trinajstić information content (AvgIpc) is 3.26. The zero-order chi connectivity index (χ0) is 21.8. The number of pyridine rings is 1. The molecular weight excluding hydrogens is 418 g/mol. The van der Waals surface area contributed by atoms with Crippen LogP contribution < -0.4 is 4.74 Å². The van der Waals surface area contributed by atoms with E-state index in [0.717, 1.165) is 16.7 Å². The molecule has 0 fully saturated rings. The zero-order valence-corrected chi connectivity index (χ0v) is 17.1. The summed E-state index contributed by atoms with van der Waals surface area (Å²) in [5, 5.41) is 29.7. The molecule has 4 rings (SSSR count). The minimum Gasteiger partial charge on any atom is -0.494 e. The molecule has 0 N–H and O–H groups in total. The van der Waals surface area contributed by atoms with Gasteiger partial charge in [-0.15, -0.1) is 10.2 Å². The Balaban J connectivity index is 1.52. The minimum atomic E-state index is -0.472. The van der Waals surface area contributed by atoms with E-state index in [9.17, 15) is 15.4 Å². The smallest absolute Gasteiger partial charge is 0.269 e. The molecule has 0 aliphatic heterocycles. The van der Waals surface area contributed by atoms with Gasteiger partial charge in [0.2, 0.25) is 11.8 Å². The van der Waals surface area contributed by atoms with Crippen LogP contribution in [0.25, 0.3) is 22.4 Å². The van der Waals surface area contributed by atoms with E-state index in [-0.39, 0.29) is 11.6 Å². The summed E-state index contributed by atoms with van der Waals surface area (Å²) in [4.78, 5) is 14.9. The summed E-state index contributed by atoms with van der Waals surface area (Å²) in [7, 11) is 0. The fraction of sp³-hybridized carbons (Fsp3) is 0.143. The molecule has 0 atom stereocenters. The fourth-order valence-electron chi connectivity index (χ4n) is 2.87. The maximum atomic E-state index is 10.8. The van der Waals surface area contributed by atoms with Gasteiger partial charge >= 0.3 is 0 Å². The highest BCUT2D eigenvalue weighted by Gasteiger charge is 2.14. The summed E-state index contributed by atoms with van der Waals surface area (Å²) in [6.45, 7) is 2.47. The lowest BCUT2D eigenvalue weighted by molar-refractivity contribution is -0.384. The Labute approximate surface area is 180 Å². The lowest BCUT2D eigenvalue weighted by atomic mass is 10.1. The standard InChI is InChI=1S/C21H15N5O4S/c1-2-29-17-7-8-18-14(10-17)9-15(11-22)21(23-18)31-12-19-24-25-20(30-19)13-3-5-16(6-4-13)26(27)28/h3-10H,2,12H2,1H3. The summed E-state index contributed by atoms with van der Waals surface area (Å²) in [5.41, 5.74) is 1.77. The van der Waals surface area contributed by atoms with Crippen LogP contribution in [0.1, 0.15) is 18.4 Å². The fourth-order valence-corrected chi connectivity index (χ4v) is 3.67. The maximum Gasteiger partial charge on any atom is 0.269 e. The molecule has 0 amide bonds. The molecule has 0 unspecified atom stereocenters. The lowest BCUT2D eigenvalue weighted by Crippen LogP contribution is -1.93. The van der Waals surface area contributed by atoms with Crippen molar-refractivity contribution in [2.45, 2.75) is 17.7 Å². The normalized spacial score (nSPS) is 10.7. The first-order chi connectivity index (χ1) is 15.1. The van der Waals surface area contributed by atoms with Crippen molar-refractivity contribution in [3.63, 3.8) is 0 Å². The molecular formula is C21H15N5O4S. The van der Waals surface area contributed by atoms with E-state index in [1.54, 1.807) is 18.2 Å². The zero-order valence-electron chi connectivity index (χ0n) is 16.3. The number of hydrogen-bond acceptors (Lipinski definition) is 9. The third-order valence-corrected chi connectivity index (χ3v) is 5.28. The van der Waals surface area contributed by atoms with Crippen molar-refractivity contribution in [2.75, 3.05) is 6.61 Å². The van der Waals surface area contributed by atoms with Gasteiger partial charge < -0.3 is 9.15 Å². The summed E-state index contributed by atoms with van der Waals surface area (Å²) >= 11 is 1.32. The van der Waals surface area contributed by atoms with Crippen molar-refractivity contribution in [1.82, 2.24) is 15.2 Å². The van der Waals surface area contributed by atoms with Crippen molar-refractivity contribution in [2.24, 2.45) is 0 Å². The largest absolute Gasteiger partial charge is 0.494 e. The number of ether oxygens (including phenoxy) is 1. The predicted molar refractivity (Wildman–Crippen MR) is 114 cm³/mol. The first-order valence-electron chi connectivity index (χ1n) is 9.25. The second kappa shape index (κ2) is 8.81. The van der Waals surface area contributed by atoms with E-state index in [2.05, 4.69) is 21.3 Å². The molecule has 31 heavy (non-hydrogen) atoms. The molecule has 0 spiro atoms. The van der Waals surface area contributed by atoms with Gasteiger partial charge in [-0.3, -0.25) is 10.1 Å². The number of non-ortho nitro benzene ring substituents is 1. The van der Waals surface area contributed by atoms with Crippen LogP contribution in [0.15, 0.2) is 58.0 Å². The van der Waals surface area contributed by atoms with Gasteiger partial charge in [0.15, 0.2) is 0 Å². The van der Waals surface area contributed by atoms with Gasteiger partial charge in [-0.25, -0.2) is 4.98 Å². The number of nitro benzene ring substituents is 1. The molecule has 0 bridgehead atoms. The average molecular weight is 433 g/mol. The summed E-state index contributed by atoms with van der Waals surface area (Å²) < 4.78 is 11.2. The first-order valence-corrected chi connectivity index (χ1v) is 10.2. The van der Waals surface area contributed by atoms with Crippen LogP contribution >= 0.6 is 11.8 Å². The van der Waals surface area contributed by atoms with Crippen LogP contribution in [0.3, 0.4) is 0 Å². The van der Waals surface area contributed by atoms with Crippen LogP contribution in [0.5, 0.6) is 5.75 Å². The molecule has 0 saturated carbocycles. The van der Waals surface area contributed by atoms with Crippen LogP contribution in [0.4, 0.5) is 5.69 Å². The number of nitro groups is 1. The number of benzene rings is 2. The van der Waals surface area contributed by atoms with E-state index >= 15 is 0 Å². The summed E-state index contributed by atoms with van der Waals surface area (Å²) in [6.07, 6.45) is 0. The number of rotatable bonds is 7. The molecule has 0 saturated heterocycles. The summed E-state index contributed by atoms with van der Waals surface area (Å²) in [5.74, 6) is 1.67. The molecule has 10 heteroatoms. The molecule has 2 heterocycles. The van der Waals surface area contributed by atoms with Gasteiger partial charge in [0, 0.05) is 23.1 Å². The van der Waals surface area contributed by atoms with Gasteiger partial charge in [0.25, 0.3) is 5.69 Å². The Hall–Kier alpha value is -3.97. The van der Waals surface area contributed by atoms with Crippen molar-refractivity contribution in [3.8, 4) is 23.3 Å². The van der Waals surface area contributed by atoms with E-state index in [4.69, 9.17) is 9.15 Å². The Bertz CT molecular complexity index is 1300. The van der Waals surface area contributed by atoms with Gasteiger partial charge in [-0.1, -0.05) is 11.8 Å². The van der Waals surface area contributed by atoms with Gasteiger partial charge in [-0.05, 0) is 43.3 Å². The SMILES string of the molecule is CCOc1ccc2nc(SCc3nnc(-c4ccc([N+](=O)[O-])cc4)o3)c(C#N)cc2c1. The Kier molecular flexibility index (Phi) is 5.77. The minimum absolute atomic E-state index is 0.0150. The van der Waals surface area contributed by atoms with Gasteiger partial charge in [0.05, 0.1) is 28.4 Å². The van der Waals surface area contributed by atoms with Crippen molar-refractivity contribution in [3.05, 3.63) is 70.1 Å². The van der Waals surface area contributed by atoms with Gasteiger partial charge in [-0.2, -0.15) is 5.26 Å². The third kappa shape index (κ3) is 4.46. The highest BCUT2D eigenvalue weighted by Crippen LogP contribution is 2.30. The van der Waals surface area contributed by atoms with Crippen LogP contribution in [-0.2, 0) is 5.75 Å². The third-order valence-electron chi connectivity index (χ3n) is 4.31. The number of nitriles is 1. The highest BCUT2D eigenvalue weighted by molar-refractivity contribution is 7.98. The Morgan fingerprint density at radius 2 is 2.00 bits per heavy atom. The molecule has 2 aromatic heterocycles. The number of fused-ring (bicyclic) bond motifs is 1. The van der Waals surface area contributed by atoms with Crippen molar-refractivity contribution in [1.29, 1.82) is 5.26 Å². The van der Waals surface area contributed by atoms with Gasteiger partial charge in [0.1, 0.15) is 16.8 Å². The van der Waals surface area contributed by atoms with Crippen LogP contribution in [0.2, 0.25) is 0 Å². The molecule has 9 nitrogen and oxygen atoms in total. The predicted octanol–water partition coefficient (Wildman–Crippen LogP) is 4.76. The van der Waals surface area contributed by atoms with E-state index < -0.39 is 4.92 Å². The Morgan fingerprint density at radius 3 is 2.71 bits per heavy atom. The highest BCUT2D eigenvalue weighted by atomic mass is 32.2. The molecule has 0 radical (unpaired) electrons. The number of aromatic nitrogens is 3. The molecule has 4 aromatic rings. The second-order valence-corrected chi connectivity index (χ2v) is 7.30. The second-order valence-electron chi connectivity index (χ2n) is 6.33. The number of thioether (sulfide) groups is 1. The molecule has 0 aliphatic carbocycles. The first kappa shape index (κ1) is 20.3. The number of hydrogen-bond donors (Lipinski definition) is 0. The number of nitrogens with zero attached hydrogens (tertiary/aromatic N) is 5. The lowest BCUT2D eigenvalue weighted by Gasteiger charge is -2.07.